The van der Waals surface area contributed by atoms with Crippen molar-refractivity contribution in [3.63, 3.8) is 0 Å². The van der Waals surface area contributed by atoms with E-state index >= 15 is 0 Å². The van der Waals surface area contributed by atoms with Gasteiger partial charge in [-0.25, -0.2) is 0 Å². The van der Waals surface area contributed by atoms with E-state index in [0.29, 0.717) is 7.35 Å². The number of alkyl halides is 2. The van der Waals surface area contributed by atoms with Crippen LogP contribution in [0, 0.1) is 0 Å². The average Bonchev–Trinajstić information content (AvgIpc) is 3.20. The van der Waals surface area contributed by atoms with Gasteiger partial charge in [0.05, 0.1) is 0 Å². The van der Waals surface area contributed by atoms with Crippen molar-refractivity contribution >= 4 is 35.4 Å². The van der Waals surface area contributed by atoms with Crippen LogP contribution in [0.3, 0.4) is 0 Å². The second kappa shape index (κ2) is 7.86. The Morgan fingerprint density at radius 2 is 1.08 bits per heavy atom. The van der Waals surface area contributed by atoms with E-state index in [1.165, 1.54) is 22.3 Å². The summed E-state index contributed by atoms with van der Waals surface area (Å²) in [5.74, 6) is 0. The van der Waals surface area contributed by atoms with Gasteiger partial charge in [0.1, 0.15) is 0 Å². The monoisotopic (exact) mass is 686 g/mol. The Labute approximate surface area is 176 Å². The van der Waals surface area contributed by atoms with E-state index in [-0.39, 0.29) is 6.27 Å². The Hall–Kier alpha value is 0.240. The second-order valence-corrected chi connectivity index (χ2v) is 21.0. The molecular weight excluding hydrogens is 668 g/mol. The van der Waals surface area contributed by atoms with Crippen molar-refractivity contribution in [2.24, 2.45) is 0 Å². The van der Waals surface area contributed by atoms with Gasteiger partial charge < -0.3 is 0 Å². The minimum absolute atomic E-state index is 0.247. The van der Waals surface area contributed by atoms with Gasteiger partial charge in [-0.3, -0.25) is 0 Å². The Balaban J connectivity index is 1.40. The summed E-state index contributed by atoms with van der Waals surface area (Å²) in [6.07, 6.45) is 9.26. The van der Waals surface area contributed by atoms with E-state index in [4.69, 9.17) is 23.2 Å². The molecular formula is C20H16Cl2Hf2. The fourth-order valence-corrected chi connectivity index (χ4v) is 20.7. The Kier molecular flexibility index (Phi) is 5.78. The molecule has 0 bridgehead atoms. The number of fused-ring (bicyclic) bond motifs is 2. The van der Waals surface area contributed by atoms with Crippen LogP contribution in [-0.4, -0.2) is 6.27 Å². The summed E-state index contributed by atoms with van der Waals surface area (Å²) in [6.45, 7) is 0. The van der Waals surface area contributed by atoms with Crippen molar-refractivity contribution in [2.45, 2.75) is 13.6 Å². The van der Waals surface area contributed by atoms with Crippen LogP contribution in [0.2, 0.25) is 0 Å². The molecule has 2 aliphatic carbocycles. The number of allylic oxidation sites excluding steroid dienone is 2. The number of hydrogen-bond donors (Lipinski definition) is 0. The van der Waals surface area contributed by atoms with Crippen LogP contribution in [0.15, 0.2) is 60.7 Å². The molecule has 4 unspecified atom stereocenters. The van der Waals surface area contributed by atoms with Crippen LogP contribution in [0.4, 0.5) is 0 Å². The van der Waals surface area contributed by atoms with Gasteiger partial charge in [0.2, 0.25) is 0 Å². The quantitative estimate of drug-likeness (QED) is 0.276. The molecule has 4 heteroatoms. The third kappa shape index (κ3) is 3.68. The zero-order valence-electron chi connectivity index (χ0n) is 13.0. The summed E-state index contributed by atoms with van der Waals surface area (Å²) >= 11 is 11.5. The molecule has 0 spiro atoms. The van der Waals surface area contributed by atoms with Gasteiger partial charge in [-0.15, -0.1) is 0 Å². The van der Waals surface area contributed by atoms with E-state index in [1.54, 1.807) is 0 Å². The SMILES string of the molecule is Cl[CH]([Hf][CH]1C=Cc2ccccc21)[CH](Cl)[Hf][CH]1C=Cc2ccccc21. The standard InChI is InChI=1S/2C9H7.C2H2Cl2.2Hf/c2*1-2-5-9-7-3-6-8(9)4-1;3-1-2-4;;/h2*1-7H;1-2H;;. The molecule has 0 aromatic heterocycles. The van der Waals surface area contributed by atoms with E-state index < -0.39 is 45.8 Å². The molecule has 2 aromatic carbocycles. The van der Waals surface area contributed by atoms with Gasteiger partial charge in [-0.2, -0.15) is 0 Å². The predicted molar refractivity (Wildman–Crippen MR) is 95.7 cm³/mol. The molecule has 2 aliphatic rings. The van der Waals surface area contributed by atoms with E-state index in [9.17, 15) is 0 Å². The molecule has 0 nitrogen and oxygen atoms in total. The zero-order chi connectivity index (χ0) is 16.5. The Morgan fingerprint density at radius 3 is 1.54 bits per heavy atom. The molecule has 2 aromatic rings. The van der Waals surface area contributed by atoms with Crippen molar-refractivity contribution in [1.82, 2.24) is 0 Å². The normalized spacial score (nSPS) is 22.8. The first-order chi connectivity index (χ1) is 11.7. The summed E-state index contributed by atoms with van der Waals surface area (Å²) in [5, 5.41) is 0. The fourth-order valence-electron chi connectivity index (χ4n) is 3.30. The first kappa shape index (κ1) is 17.6. The van der Waals surface area contributed by atoms with Crippen LogP contribution < -0.4 is 0 Å². The van der Waals surface area contributed by atoms with Crippen molar-refractivity contribution in [1.29, 1.82) is 0 Å². The molecule has 118 valence electrons. The van der Waals surface area contributed by atoms with E-state index in [0.717, 1.165) is 0 Å². The van der Waals surface area contributed by atoms with Crippen LogP contribution >= 0.6 is 23.2 Å². The summed E-state index contributed by atoms with van der Waals surface area (Å²) < 4.78 is 1.72. The van der Waals surface area contributed by atoms with Crippen LogP contribution in [0.25, 0.3) is 12.2 Å². The van der Waals surface area contributed by atoms with E-state index in [2.05, 4.69) is 72.8 Å². The molecule has 4 rings (SSSR count). The molecule has 0 N–H and O–H groups in total. The second-order valence-electron chi connectivity index (χ2n) is 6.07. The molecule has 0 radical (unpaired) electrons. The Morgan fingerprint density at radius 1 is 0.667 bits per heavy atom. The third-order valence-electron chi connectivity index (χ3n) is 4.53. The van der Waals surface area contributed by atoms with E-state index in [1.807, 2.05) is 0 Å². The molecule has 0 saturated heterocycles. The van der Waals surface area contributed by atoms with Crippen LogP contribution in [0.5, 0.6) is 0 Å². The minimum atomic E-state index is -1.06. The molecule has 0 amide bonds. The van der Waals surface area contributed by atoms with Crippen molar-refractivity contribution in [3.05, 3.63) is 82.9 Å². The van der Waals surface area contributed by atoms with Crippen LogP contribution in [-0.2, 0) is 45.8 Å². The topological polar surface area (TPSA) is 0 Å². The van der Waals surface area contributed by atoms with Crippen molar-refractivity contribution in [2.75, 3.05) is 0 Å². The average molecular weight is 684 g/mol. The Bertz CT molecular complexity index is 732. The summed E-state index contributed by atoms with van der Waals surface area (Å²) in [4.78, 5) is 0. The summed E-state index contributed by atoms with van der Waals surface area (Å²) in [6, 6.07) is 17.4. The maximum absolute atomic E-state index is 6.83. The molecule has 4 atom stereocenters. The van der Waals surface area contributed by atoms with Gasteiger partial charge in [0, 0.05) is 0 Å². The van der Waals surface area contributed by atoms with Gasteiger partial charge >= 0.3 is 178 Å². The molecule has 0 aliphatic heterocycles. The number of hydrogen-bond acceptors (Lipinski definition) is 0. The first-order valence-corrected chi connectivity index (χ1v) is 17.2. The van der Waals surface area contributed by atoms with Gasteiger partial charge in [0.25, 0.3) is 0 Å². The summed E-state index contributed by atoms with van der Waals surface area (Å²) in [7, 11) is 0. The first-order valence-electron chi connectivity index (χ1n) is 8.07. The number of rotatable bonds is 5. The third-order valence-corrected chi connectivity index (χ3v) is 23.9. The maximum atomic E-state index is 6.83. The van der Waals surface area contributed by atoms with Gasteiger partial charge in [-0.05, 0) is 0 Å². The summed E-state index contributed by atoms with van der Waals surface area (Å²) in [5.41, 5.74) is 5.71. The molecule has 0 heterocycles. The van der Waals surface area contributed by atoms with Crippen molar-refractivity contribution in [3.8, 4) is 0 Å². The van der Waals surface area contributed by atoms with Crippen LogP contribution in [0.1, 0.15) is 29.6 Å². The predicted octanol–water partition coefficient (Wildman–Crippen LogP) is 5.82. The molecule has 0 fully saturated rings. The molecule has 24 heavy (non-hydrogen) atoms. The van der Waals surface area contributed by atoms with Gasteiger partial charge in [0.15, 0.2) is 0 Å². The number of benzene rings is 2. The fraction of sp³-hybridized carbons (Fsp3) is 0.200. The number of halogens is 2. The van der Waals surface area contributed by atoms with Crippen molar-refractivity contribution < 1.29 is 45.8 Å². The zero-order valence-corrected chi connectivity index (χ0v) is 21.7. The van der Waals surface area contributed by atoms with Gasteiger partial charge in [-0.1, -0.05) is 0 Å². The molecule has 0 saturated carbocycles.